The topological polar surface area (TPSA) is 132 Å². The van der Waals surface area contributed by atoms with E-state index in [1.165, 1.54) is 0 Å². The van der Waals surface area contributed by atoms with Crippen molar-refractivity contribution in [1.29, 1.82) is 0 Å². The highest BCUT2D eigenvalue weighted by Crippen LogP contribution is 2.67. The fourth-order valence-electron chi connectivity index (χ4n) is 5.23. The van der Waals surface area contributed by atoms with Crippen LogP contribution in [0.1, 0.15) is 53.4 Å². The second kappa shape index (κ2) is 7.18. The molecule has 27 heavy (non-hydrogen) atoms. The first-order valence-electron chi connectivity index (χ1n) is 9.80. The number of fused-ring (bicyclic) bond motifs is 1. The van der Waals surface area contributed by atoms with Gasteiger partial charge in [0.2, 0.25) is 0 Å². The fourth-order valence-corrected chi connectivity index (χ4v) is 5.23. The van der Waals surface area contributed by atoms with Gasteiger partial charge in [0, 0.05) is 6.42 Å². The molecule has 3 rings (SSSR count). The average molecular weight is 390 g/mol. The van der Waals surface area contributed by atoms with Crippen LogP contribution in [-0.2, 0) is 14.2 Å². The van der Waals surface area contributed by atoms with Gasteiger partial charge in [-0.1, -0.05) is 13.8 Å². The quantitative estimate of drug-likeness (QED) is 0.390. The van der Waals surface area contributed by atoms with Crippen LogP contribution < -0.4 is 0 Å². The van der Waals surface area contributed by atoms with Crippen LogP contribution in [0.15, 0.2) is 0 Å². The van der Waals surface area contributed by atoms with E-state index < -0.39 is 37.3 Å². The third kappa shape index (κ3) is 3.55. The van der Waals surface area contributed by atoms with E-state index in [1.54, 1.807) is 0 Å². The van der Waals surface area contributed by atoms with Crippen LogP contribution in [0.25, 0.3) is 0 Å². The Labute approximate surface area is 160 Å². The number of rotatable bonds is 6. The molecule has 0 radical (unpaired) electrons. The molecule has 0 aromatic carbocycles. The van der Waals surface area contributed by atoms with Gasteiger partial charge >= 0.3 is 0 Å². The van der Waals surface area contributed by atoms with Crippen molar-refractivity contribution in [1.82, 2.24) is 0 Å². The molecular weight excluding hydrogens is 356 g/mol. The SMILES string of the molecule is C[C@@H](CC[C@@]12O[C@]1(C)C[C@@H](O)CC2(C)C)O[C@@H]1O[C@H](CO)[C@@H](O)[C@H](O)[C@H]1O. The third-order valence-electron chi connectivity index (χ3n) is 6.79. The van der Waals surface area contributed by atoms with Gasteiger partial charge < -0.3 is 39.7 Å². The van der Waals surface area contributed by atoms with Crippen LogP contribution in [0, 0.1) is 5.41 Å². The highest BCUT2D eigenvalue weighted by atomic mass is 16.7. The molecule has 3 fully saturated rings. The van der Waals surface area contributed by atoms with E-state index in [9.17, 15) is 25.5 Å². The summed E-state index contributed by atoms with van der Waals surface area (Å²) in [5.74, 6) is 0. The summed E-state index contributed by atoms with van der Waals surface area (Å²) in [6.45, 7) is 7.64. The molecule has 158 valence electrons. The molecule has 0 aromatic rings. The van der Waals surface area contributed by atoms with Crippen molar-refractivity contribution in [3.8, 4) is 0 Å². The zero-order valence-corrected chi connectivity index (χ0v) is 16.5. The zero-order valence-electron chi connectivity index (χ0n) is 16.5. The fraction of sp³-hybridized carbons (Fsp3) is 1.00. The normalized spacial score (nSPS) is 50.1. The predicted octanol–water partition coefficient (Wildman–Crippen LogP) is -0.320. The van der Waals surface area contributed by atoms with Gasteiger partial charge in [0.1, 0.15) is 30.0 Å². The van der Waals surface area contributed by atoms with E-state index in [2.05, 4.69) is 13.8 Å². The Morgan fingerprint density at radius 1 is 1.04 bits per heavy atom. The number of aliphatic hydroxyl groups is 5. The van der Waals surface area contributed by atoms with Crippen molar-refractivity contribution >= 4 is 0 Å². The molecule has 2 saturated heterocycles. The van der Waals surface area contributed by atoms with Crippen molar-refractivity contribution in [2.75, 3.05) is 6.61 Å². The van der Waals surface area contributed by atoms with E-state index in [1.807, 2.05) is 13.8 Å². The van der Waals surface area contributed by atoms with Crippen molar-refractivity contribution in [3.05, 3.63) is 0 Å². The molecule has 8 nitrogen and oxygen atoms in total. The summed E-state index contributed by atoms with van der Waals surface area (Å²) >= 11 is 0. The summed E-state index contributed by atoms with van der Waals surface area (Å²) in [6, 6.07) is 0. The van der Waals surface area contributed by atoms with Gasteiger partial charge in [0.15, 0.2) is 6.29 Å². The third-order valence-corrected chi connectivity index (χ3v) is 6.79. The maximum absolute atomic E-state index is 10.1. The van der Waals surface area contributed by atoms with Crippen molar-refractivity contribution in [2.45, 2.75) is 107 Å². The van der Waals surface area contributed by atoms with Crippen LogP contribution in [0.2, 0.25) is 0 Å². The minimum absolute atomic E-state index is 0.164. The lowest BCUT2D eigenvalue weighted by Gasteiger charge is -2.42. The second-order valence-corrected chi connectivity index (χ2v) is 9.29. The Hall–Kier alpha value is -0.320. The highest BCUT2D eigenvalue weighted by molar-refractivity contribution is 5.23. The maximum Gasteiger partial charge on any atom is 0.186 e. The molecule has 0 aromatic heterocycles. The summed E-state index contributed by atoms with van der Waals surface area (Å²) in [6.07, 6.45) is -4.30. The van der Waals surface area contributed by atoms with Crippen LogP contribution in [0.5, 0.6) is 0 Å². The van der Waals surface area contributed by atoms with E-state index >= 15 is 0 Å². The molecule has 0 bridgehead atoms. The zero-order chi connectivity index (χ0) is 20.2. The maximum atomic E-state index is 10.1. The van der Waals surface area contributed by atoms with Crippen molar-refractivity contribution < 1.29 is 39.7 Å². The molecule has 8 heteroatoms. The first kappa shape index (κ1) is 21.4. The van der Waals surface area contributed by atoms with Gasteiger partial charge in [-0.25, -0.2) is 0 Å². The molecule has 3 aliphatic rings. The molecule has 2 aliphatic heterocycles. The van der Waals surface area contributed by atoms with Gasteiger partial charge in [-0.3, -0.25) is 0 Å². The van der Waals surface area contributed by atoms with Crippen LogP contribution >= 0.6 is 0 Å². The summed E-state index contributed by atoms with van der Waals surface area (Å²) in [7, 11) is 0. The summed E-state index contributed by atoms with van der Waals surface area (Å²) in [5, 5.41) is 49.2. The van der Waals surface area contributed by atoms with Crippen LogP contribution in [0.3, 0.4) is 0 Å². The number of hydrogen-bond donors (Lipinski definition) is 5. The Balaban J connectivity index is 1.58. The predicted molar refractivity (Wildman–Crippen MR) is 94.8 cm³/mol. The van der Waals surface area contributed by atoms with Crippen molar-refractivity contribution in [2.24, 2.45) is 5.41 Å². The highest BCUT2D eigenvalue weighted by Gasteiger charge is 2.75. The molecule has 1 saturated carbocycles. The molecule has 1 aliphatic carbocycles. The Morgan fingerprint density at radius 3 is 2.30 bits per heavy atom. The lowest BCUT2D eigenvalue weighted by Crippen LogP contribution is -2.59. The van der Waals surface area contributed by atoms with Gasteiger partial charge in [-0.15, -0.1) is 0 Å². The second-order valence-electron chi connectivity index (χ2n) is 9.29. The van der Waals surface area contributed by atoms with E-state index in [-0.39, 0.29) is 28.8 Å². The Morgan fingerprint density at radius 2 is 1.70 bits per heavy atom. The van der Waals surface area contributed by atoms with Gasteiger partial charge in [-0.05, 0) is 38.5 Å². The number of hydrogen-bond acceptors (Lipinski definition) is 8. The molecule has 0 spiro atoms. The van der Waals surface area contributed by atoms with Crippen molar-refractivity contribution in [3.63, 3.8) is 0 Å². The van der Waals surface area contributed by atoms with Gasteiger partial charge in [-0.2, -0.15) is 0 Å². The minimum atomic E-state index is -1.44. The first-order valence-corrected chi connectivity index (χ1v) is 9.80. The average Bonchev–Trinajstić information content (AvgIpc) is 3.19. The van der Waals surface area contributed by atoms with E-state index in [0.717, 1.165) is 6.42 Å². The molecule has 0 amide bonds. The lowest BCUT2D eigenvalue weighted by atomic mass is 9.61. The lowest BCUT2D eigenvalue weighted by molar-refractivity contribution is -0.310. The molecule has 0 unspecified atom stereocenters. The molecular formula is C19H34O8. The van der Waals surface area contributed by atoms with Gasteiger partial charge in [0.25, 0.3) is 0 Å². The minimum Gasteiger partial charge on any atom is -0.394 e. The number of aliphatic hydroxyl groups excluding tert-OH is 5. The number of ether oxygens (including phenoxy) is 3. The van der Waals surface area contributed by atoms with Gasteiger partial charge in [0.05, 0.1) is 24.4 Å². The Kier molecular flexibility index (Phi) is 5.69. The number of epoxide rings is 1. The smallest absolute Gasteiger partial charge is 0.186 e. The van der Waals surface area contributed by atoms with E-state index in [4.69, 9.17) is 14.2 Å². The summed E-state index contributed by atoms with van der Waals surface area (Å²) in [4.78, 5) is 0. The molecule has 5 N–H and O–H groups in total. The van der Waals surface area contributed by atoms with Crippen LogP contribution in [0.4, 0.5) is 0 Å². The monoisotopic (exact) mass is 390 g/mol. The first-order chi connectivity index (χ1) is 12.5. The summed E-state index contributed by atoms with van der Waals surface area (Å²) < 4.78 is 17.3. The Bertz CT molecular complexity index is 540. The molecule has 9 atom stereocenters. The summed E-state index contributed by atoms with van der Waals surface area (Å²) in [5.41, 5.74) is -0.814. The van der Waals surface area contributed by atoms with Crippen LogP contribution in [-0.4, -0.2) is 86.3 Å². The largest absolute Gasteiger partial charge is 0.394 e. The standard InChI is InChI=1S/C19H34O8/c1-10(25-16-15(24)14(23)13(22)12(9-20)26-16)5-6-19-17(2,3)7-11(21)8-18(19,4)27-19/h10-16,20-24H,5-9H2,1-4H3/t10-,11-,12+,13+,14-,15+,16+,18+,19-/m0/s1. The van der Waals surface area contributed by atoms with E-state index in [0.29, 0.717) is 19.3 Å². The molecule has 2 heterocycles.